The van der Waals surface area contributed by atoms with Crippen molar-refractivity contribution in [2.75, 3.05) is 6.54 Å². The van der Waals surface area contributed by atoms with Crippen LogP contribution in [0.1, 0.15) is 43.4 Å². The molecule has 2 saturated carbocycles. The minimum Gasteiger partial charge on any atom is -0.303 e. The first-order valence-corrected chi connectivity index (χ1v) is 7.92. The molecule has 0 aliphatic heterocycles. The molecule has 2 aliphatic carbocycles. The minimum absolute atomic E-state index is 0.0279. The highest BCUT2D eigenvalue weighted by Crippen LogP contribution is 2.40. The van der Waals surface area contributed by atoms with Crippen LogP contribution in [0.25, 0.3) is 0 Å². The van der Waals surface area contributed by atoms with Gasteiger partial charge in [0, 0.05) is 29.4 Å². The number of carbonyl (C=O) groups excluding carboxylic acids is 1. The second kappa shape index (κ2) is 5.14. The molecule has 2 fully saturated rings. The fourth-order valence-electron chi connectivity index (χ4n) is 3.15. The molecule has 3 rings (SSSR count). The summed E-state index contributed by atoms with van der Waals surface area (Å²) in [5.74, 6) is 0. The Morgan fingerprint density at radius 3 is 2.72 bits per heavy atom. The largest absolute Gasteiger partial charge is 0.303 e. The first-order valence-electron chi connectivity index (χ1n) is 7.04. The molecule has 2 aliphatic rings. The maximum absolute atomic E-state index is 11.5. The predicted molar refractivity (Wildman–Crippen MR) is 74.7 cm³/mol. The lowest BCUT2D eigenvalue weighted by atomic mass is 9.87. The van der Waals surface area contributed by atoms with E-state index in [-0.39, 0.29) is 5.41 Å². The summed E-state index contributed by atoms with van der Waals surface area (Å²) in [7, 11) is 0. The number of aldehydes is 1. The quantitative estimate of drug-likeness (QED) is 0.732. The van der Waals surface area contributed by atoms with E-state index in [0.29, 0.717) is 0 Å². The fraction of sp³-hybridized carbons (Fsp3) is 0.667. The van der Waals surface area contributed by atoms with Crippen LogP contribution in [0, 0.1) is 5.41 Å². The molecule has 0 atom stereocenters. The molecule has 1 aromatic rings. The molecular formula is C15H21NOS. The van der Waals surface area contributed by atoms with E-state index in [2.05, 4.69) is 22.4 Å². The molecule has 0 saturated heterocycles. The molecule has 0 amide bonds. The van der Waals surface area contributed by atoms with Gasteiger partial charge in [-0.25, -0.2) is 0 Å². The zero-order valence-electron chi connectivity index (χ0n) is 10.8. The van der Waals surface area contributed by atoms with Gasteiger partial charge in [-0.3, -0.25) is 4.90 Å². The first kappa shape index (κ1) is 12.4. The van der Waals surface area contributed by atoms with E-state index in [0.717, 1.165) is 32.0 Å². The SMILES string of the molecule is O=CC1(CN(Cc2cccs2)C2CC2)CCCC1. The van der Waals surface area contributed by atoms with Gasteiger partial charge >= 0.3 is 0 Å². The standard InChI is InChI=1S/C15H21NOS/c17-12-15(7-1-2-8-15)11-16(13-5-6-13)10-14-4-3-9-18-14/h3-4,9,12-13H,1-2,5-8,10-11H2. The lowest BCUT2D eigenvalue weighted by Gasteiger charge is -2.31. The molecule has 1 aromatic heterocycles. The molecule has 0 spiro atoms. The van der Waals surface area contributed by atoms with Gasteiger partial charge in [0.15, 0.2) is 0 Å². The zero-order valence-corrected chi connectivity index (χ0v) is 11.6. The monoisotopic (exact) mass is 263 g/mol. The molecule has 1 heterocycles. The Kier molecular flexibility index (Phi) is 3.53. The van der Waals surface area contributed by atoms with Gasteiger partial charge in [-0.2, -0.15) is 0 Å². The molecule has 0 aromatic carbocycles. The van der Waals surface area contributed by atoms with Crippen LogP contribution < -0.4 is 0 Å². The van der Waals surface area contributed by atoms with E-state index >= 15 is 0 Å². The van der Waals surface area contributed by atoms with Gasteiger partial charge in [0.1, 0.15) is 6.29 Å². The molecule has 18 heavy (non-hydrogen) atoms. The number of rotatable bonds is 6. The average Bonchev–Trinajstić information content (AvgIpc) is 2.92. The molecule has 0 N–H and O–H groups in total. The van der Waals surface area contributed by atoms with Gasteiger partial charge in [0.05, 0.1) is 0 Å². The van der Waals surface area contributed by atoms with E-state index < -0.39 is 0 Å². The van der Waals surface area contributed by atoms with Crippen molar-refractivity contribution in [1.29, 1.82) is 0 Å². The third-order valence-corrected chi connectivity index (χ3v) is 5.23. The third kappa shape index (κ3) is 2.67. The molecule has 2 nitrogen and oxygen atoms in total. The van der Waals surface area contributed by atoms with Crippen LogP contribution in [0.3, 0.4) is 0 Å². The minimum atomic E-state index is -0.0279. The van der Waals surface area contributed by atoms with Crippen molar-refractivity contribution in [3.63, 3.8) is 0 Å². The Bertz CT molecular complexity index is 391. The number of hydrogen-bond donors (Lipinski definition) is 0. The van der Waals surface area contributed by atoms with Crippen LogP contribution in [-0.4, -0.2) is 23.8 Å². The number of hydrogen-bond acceptors (Lipinski definition) is 3. The predicted octanol–water partition coefficient (Wildman–Crippen LogP) is 3.47. The Balaban J connectivity index is 1.68. The lowest BCUT2D eigenvalue weighted by molar-refractivity contribution is -0.117. The summed E-state index contributed by atoms with van der Waals surface area (Å²) < 4.78 is 0. The van der Waals surface area contributed by atoms with Gasteiger partial charge in [-0.05, 0) is 37.1 Å². The molecule has 3 heteroatoms. The van der Waals surface area contributed by atoms with E-state index in [9.17, 15) is 4.79 Å². The summed E-state index contributed by atoms with van der Waals surface area (Å²) >= 11 is 1.83. The van der Waals surface area contributed by atoms with Crippen LogP contribution in [0.2, 0.25) is 0 Å². The maximum Gasteiger partial charge on any atom is 0.127 e. The Morgan fingerprint density at radius 2 is 2.17 bits per heavy atom. The second-order valence-electron chi connectivity index (χ2n) is 5.90. The highest BCUT2D eigenvalue weighted by atomic mass is 32.1. The molecule has 0 radical (unpaired) electrons. The van der Waals surface area contributed by atoms with Crippen LogP contribution in [-0.2, 0) is 11.3 Å². The van der Waals surface area contributed by atoms with Crippen molar-refractivity contribution in [3.05, 3.63) is 22.4 Å². The zero-order chi connectivity index (χ0) is 12.4. The van der Waals surface area contributed by atoms with Crippen molar-refractivity contribution in [2.24, 2.45) is 5.41 Å². The molecule has 98 valence electrons. The number of nitrogens with zero attached hydrogens (tertiary/aromatic N) is 1. The van der Waals surface area contributed by atoms with Gasteiger partial charge in [0.2, 0.25) is 0 Å². The number of carbonyl (C=O) groups is 1. The van der Waals surface area contributed by atoms with E-state index in [1.165, 1.54) is 36.8 Å². The van der Waals surface area contributed by atoms with Gasteiger partial charge < -0.3 is 4.79 Å². The van der Waals surface area contributed by atoms with E-state index in [1.807, 2.05) is 11.3 Å². The average molecular weight is 263 g/mol. The molecular weight excluding hydrogens is 242 g/mol. The second-order valence-corrected chi connectivity index (χ2v) is 6.94. The Hall–Kier alpha value is -0.670. The van der Waals surface area contributed by atoms with Crippen molar-refractivity contribution >= 4 is 17.6 Å². The van der Waals surface area contributed by atoms with Gasteiger partial charge in [-0.15, -0.1) is 11.3 Å². The fourth-order valence-corrected chi connectivity index (χ4v) is 3.88. The first-order chi connectivity index (χ1) is 8.81. The van der Waals surface area contributed by atoms with Crippen LogP contribution >= 0.6 is 11.3 Å². The van der Waals surface area contributed by atoms with Crippen molar-refractivity contribution < 1.29 is 4.79 Å². The normalized spacial score (nSPS) is 22.5. The smallest absolute Gasteiger partial charge is 0.127 e. The Labute approximate surface area is 113 Å². The number of thiophene rings is 1. The highest BCUT2D eigenvalue weighted by Gasteiger charge is 2.39. The molecule has 0 bridgehead atoms. The summed E-state index contributed by atoms with van der Waals surface area (Å²) in [5.41, 5.74) is -0.0279. The van der Waals surface area contributed by atoms with Gasteiger partial charge in [0.25, 0.3) is 0 Å². The van der Waals surface area contributed by atoms with Crippen LogP contribution in [0.5, 0.6) is 0 Å². The Morgan fingerprint density at radius 1 is 1.39 bits per heavy atom. The summed E-state index contributed by atoms with van der Waals surface area (Å²) in [5, 5.41) is 2.14. The van der Waals surface area contributed by atoms with Gasteiger partial charge in [-0.1, -0.05) is 18.9 Å². The van der Waals surface area contributed by atoms with Crippen molar-refractivity contribution in [1.82, 2.24) is 4.90 Å². The van der Waals surface area contributed by atoms with E-state index in [1.54, 1.807) is 0 Å². The summed E-state index contributed by atoms with van der Waals surface area (Å²) in [6, 6.07) is 5.07. The van der Waals surface area contributed by atoms with E-state index in [4.69, 9.17) is 0 Å². The lowest BCUT2D eigenvalue weighted by Crippen LogP contribution is -2.38. The molecule has 0 unspecified atom stereocenters. The van der Waals surface area contributed by atoms with Crippen LogP contribution in [0.15, 0.2) is 17.5 Å². The summed E-state index contributed by atoms with van der Waals surface area (Å²) in [6.45, 7) is 2.02. The summed E-state index contributed by atoms with van der Waals surface area (Å²) in [6.07, 6.45) is 8.56. The van der Waals surface area contributed by atoms with Crippen LogP contribution in [0.4, 0.5) is 0 Å². The van der Waals surface area contributed by atoms with Crippen molar-refractivity contribution in [2.45, 2.75) is 51.1 Å². The maximum atomic E-state index is 11.5. The topological polar surface area (TPSA) is 20.3 Å². The highest BCUT2D eigenvalue weighted by molar-refractivity contribution is 7.09. The third-order valence-electron chi connectivity index (χ3n) is 4.37. The van der Waals surface area contributed by atoms with Crippen molar-refractivity contribution in [3.8, 4) is 0 Å². The summed E-state index contributed by atoms with van der Waals surface area (Å²) in [4.78, 5) is 15.5.